The molecule has 21 heavy (non-hydrogen) atoms. The highest BCUT2D eigenvalue weighted by Gasteiger charge is 2.07. The van der Waals surface area contributed by atoms with Gasteiger partial charge in [-0.1, -0.05) is 18.2 Å². The first-order valence-corrected chi connectivity index (χ1v) is 6.91. The molecule has 1 N–H and O–H groups in total. The van der Waals surface area contributed by atoms with E-state index in [1.54, 1.807) is 18.2 Å². The average molecular weight is 310 g/mol. The summed E-state index contributed by atoms with van der Waals surface area (Å²) in [6.45, 7) is -2.91. The van der Waals surface area contributed by atoms with Crippen LogP contribution >= 0.6 is 11.3 Å². The SMILES string of the molecule is O=C(Cc1cccs1)N/N=C\c1ccccc1OC(F)F. The number of alkyl halides is 2. The van der Waals surface area contributed by atoms with Crippen LogP contribution in [0.2, 0.25) is 0 Å². The number of amides is 1. The highest BCUT2D eigenvalue weighted by molar-refractivity contribution is 7.10. The number of halogens is 2. The average Bonchev–Trinajstić information content (AvgIpc) is 2.93. The van der Waals surface area contributed by atoms with Gasteiger partial charge in [0.05, 0.1) is 12.6 Å². The zero-order valence-electron chi connectivity index (χ0n) is 10.8. The minimum atomic E-state index is -2.91. The Kier molecular flexibility index (Phi) is 5.39. The minimum Gasteiger partial charge on any atom is -0.434 e. The minimum absolute atomic E-state index is 0.00348. The van der Waals surface area contributed by atoms with E-state index in [-0.39, 0.29) is 18.1 Å². The van der Waals surface area contributed by atoms with E-state index in [0.29, 0.717) is 5.56 Å². The summed E-state index contributed by atoms with van der Waals surface area (Å²) in [7, 11) is 0. The number of benzene rings is 1. The van der Waals surface area contributed by atoms with Crippen LogP contribution < -0.4 is 10.2 Å². The summed E-state index contributed by atoms with van der Waals surface area (Å²) in [5.74, 6) is -0.273. The van der Waals surface area contributed by atoms with Gasteiger partial charge in [0, 0.05) is 10.4 Å². The van der Waals surface area contributed by atoms with Crippen LogP contribution in [0.5, 0.6) is 5.75 Å². The van der Waals surface area contributed by atoms with Gasteiger partial charge in [-0.25, -0.2) is 5.43 Å². The highest BCUT2D eigenvalue weighted by atomic mass is 32.1. The van der Waals surface area contributed by atoms with Crippen molar-refractivity contribution in [3.63, 3.8) is 0 Å². The van der Waals surface area contributed by atoms with Crippen molar-refractivity contribution in [2.24, 2.45) is 5.10 Å². The van der Waals surface area contributed by atoms with Crippen molar-refractivity contribution in [2.75, 3.05) is 0 Å². The van der Waals surface area contributed by atoms with Gasteiger partial charge < -0.3 is 4.74 Å². The third kappa shape index (κ3) is 4.96. The summed E-state index contributed by atoms with van der Waals surface area (Å²) in [4.78, 5) is 12.5. The molecule has 0 atom stereocenters. The Morgan fingerprint density at radius 1 is 1.33 bits per heavy atom. The van der Waals surface area contributed by atoms with Crippen molar-refractivity contribution in [2.45, 2.75) is 13.0 Å². The number of nitrogens with one attached hydrogen (secondary N) is 1. The van der Waals surface area contributed by atoms with Crippen LogP contribution in [0.4, 0.5) is 8.78 Å². The van der Waals surface area contributed by atoms with Crippen LogP contribution in [-0.2, 0) is 11.2 Å². The Morgan fingerprint density at radius 3 is 2.86 bits per heavy atom. The molecule has 0 unspecified atom stereocenters. The van der Waals surface area contributed by atoms with Crippen LogP contribution in [0.1, 0.15) is 10.4 Å². The van der Waals surface area contributed by atoms with E-state index in [2.05, 4.69) is 15.3 Å². The second-order valence-electron chi connectivity index (χ2n) is 3.97. The predicted octanol–water partition coefficient (Wildman–Crippen LogP) is 3.04. The summed E-state index contributed by atoms with van der Waals surface area (Å²) < 4.78 is 28.8. The zero-order chi connectivity index (χ0) is 15.1. The summed E-state index contributed by atoms with van der Waals surface area (Å²) in [5, 5.41) is 5.62. The monoisotopic (exact) mass is 310 g/mol. The predicted molar refractivity (Wildman–Crippen MR) is 76.8 cm³/mol. The molecule has 2 rings (SSSR count). The van der Waals surface area contributed by atoms with Crippen molar-refractivity contribution in [1.82, 2.24) is 5.43 Å². The van der Waals surface area contributed by atoms with E-state index in [9.17, 15) is 13.6 Å². The van der Waals surface area contributed by atoms with Crippen molar-refractivity contribution >= 4 is 23.5 Å². The number of ether oxygens (including phenoxy) is 1. The molecule has 1 amide bonds. The molecule has 1 aromatic carbocycles. The molecule has 1 aromatic heterocycles. The van der Waals surface area contributed by atoms with Crippen molar-refractivity contribution < 1.29 is 18.3 Å². The van der Waals surface area contributed by atoms with Crippen LogP contribution in [0.3, 0.4) is 0 Å². The molecule has 0 aliphatic heterocycles. The number of carbonyl (C=O) groups excluding carboxylic acids is 1. The molecular weight excluding hydrogens is 298 g/mol. The molecule has 0 aliphatic carbocycles. The topological polar surface area (TPSA) is 50.7 Å². The van der Waals surface area contributed by atoms with E-state index < -0.39 is 6.61 Å². The lowest BCUT2D eigenvalue weighted by Gasteiger charge is -2.06. The lowest BCUT2D eigenvalue weighted by molar-refractivity contribution is -0.120. The lowest BCUT2D eigenvalue weighted by atomic mass is 10.2. The third-order valence-corrected chi connectivity index (χ3v) is 3.32. The molecule has 1 heterocycles. The van der Waals surface area contributed by atoms with Gasteiger partial charge in [-0.15, -0.1) is 11.3 Å². The summed E-state index contributed by atoms with van der Waals surface area (Å²) in [6, 6.07) is 9.90. The van der Waals surface area contributed by atoms with Gasteiger partial charge in [0.1, 0.15) is 5.75 Å². The zero-order valence-corrected chi connectivity index (χ0v) is 11.6. The number of carbonyl (C=O) groups is 1. The fraction of sp³-hybridized carbons (Fsp3) is 0.143. The fourth-order valence-corrected chi connectivity index (χ4v) is 2.28. The maximum absolute atomic E-state index is 12.2. The van der Waals surface area contributed by atoms with Crippen LogP contribution in [0, 0.1) is 0 Å². The van der Waals surface area contributed by atoms with Gasteiger partial charge in [0.15, 0.2) is 0 Å². The summed E-state index contributed by atoms with van der Waals surface area (Å²) in [6.07, 6.45) is 1.49. The molecule has 0 saturated carbocycles. The number of nitrogens with zero attached hydrogens (tertiary/aromatic N) is 1. The number of thiophene rings is 1. The Bertz CT molecular complexity index is 615. The normalized spacial score (nSPS) is 11.0. The molecule has 110 valence electrons. The van der Waals surface area contributed by atoms with Crippen molar-refractivity contribution in [3.05, 3.63) is 52.2 Å². The molecule has 0 spiro atoms. The smallest absolute Gasteiger partial charge is 0.387 e. The van der Waals surface area contributed by atoms with Crippen LogP contribution in [0.25, 0.3) is 0 Å². The number of para-hydroxylation sites is 1. The fourth-order valence-electron chi connectivity index (χ4n) is 1.58. The maximum Gasteiger partial charge on any atom is 0.387 e. The highest BCUT2D eigenvalue weighted by Crippen LogP contribution is 2.18. The van der Waals surface area contributed by atoms with Crippen molar-refractivity contribution in [3.8, 4) is 5.75 Å². The van der Waals surface area contributed by atoms with Crippen molar-refractivity contribution in [1.29, 1.82) is 0 Å². The number of hydrogen-bond acceptors (Lipinski definition) is 4. The standard InChI is InChI=1S/C14H12F2N2O2S/c15-14(16)20-12-6-2-1-4-10(12)9-17-18-13(19)8-11-5-3-7-21-11/h1-7,9,14H,8H2,(H,18,19)/b17-9-. The molecule has 0 bridgehead atoms. The molecule has 2 aromatic rings. The quantitative estimate of drug-likeness (QED) is 0.658. The Balaban J connectivity index is 1.93. The van der Waals surface area contributed by atoms with Gasteiger partial charge in [-0.2, -0.15) is 13.9 Å². The molecule has 7 heteroatoms. The lowest BCUT2D eigenvalue weighted by Crippen LogP contribution is -2.19. The second-order valence-corrected chi connectivity index (χ2v) is 5.00. The van der Waals surface area contributed by atoms with E-state index in [1.807, 2.05) is 17.5 Å². The van der Waals surface area contributed by atoms with E-state index >= 15 is 0 Å². The van der Waals surface area contributed by atoms with Gasteiger partial charge in [0.2, 0.25) is 5.91 Å². The molecule has 0 aliphatic rings. The maximum atomic E-state index is 12.2. The Hall–Kier alpha value is -2.28. The largest absolute Gasteiger partial charge is 0.434 e. The van der Waals surface area contributed by atoms with Gasteiger partial charge in [0.25, 0.3) is 0 Å². The van der Waals surface area contributed by atoms with E-state index in [0.717, 1.165) is 4.88 Å². The molecule has 0 radical (unpaired) electrons. The number of rotatable bonds is 6. The summed E-state index contributed by atoms with van der Waals surface area (Å²) in [5.41, 5.74) is 2.70. The molecule has 4 nitrogen and oxygen atoms in total. The number of hydrazone groups is 1. The van der Waals surface area contributed by atoms with Gasteiger partial charge in [-0.05, 0) is 23.6 Å². The molecular formula is C14H12F2N2O2S. The first kappa shape index (κ1) is 15.1. The molecule has 0 saturated heterocycles. The first-order chi connectivity index (χ1) is 10.1. The van der Waals surface area contributed by atoms with Crippen LogP contribution in [0.15, 0.2) is 46.9 Å². The van der Waals surface area contributed by atoms with E-state index in [4.69, 9.17) is 0 Å². The first-order valence-electron chi connectivity index (χ1n) is 6.03. The Morgan fingerprint density at radius 2 is 2.14 bits per heavy atom. The molecule has 0 fully saturated rings. The van der Waals surface area contributed by atoms with E-state index in [1.165, 1.54) is 23.6 Å². The van der Waals surface area contributed by atoms with Gasteiger partial charge in [-0.3, -0.25) is 4.79 Å². The number of hydrogen-bond donors (Lipinski definition) is 1. The Labute approximate surface area is 124 Å². The van der Waals surface area contributed by atoms with Gasteiger partial charge >= 0.3 is 6.61 Å². The second kappa shape index (κ2) is 7.49. The summed E-state index contributed by atoms with van der Waals surface area (Å²) >= 11 is 1.47. The third-order valence-electron chi connectivity index (χ3n) is 2.44. The van der Waals surface area contributed by atoms with Crippen LogP contribution in [-0.4, -0.2) is 18.7 Å².